The summed E-state index contributed by atoms with van der Waals surface area (Å²) in [7, 11) is 0. The lowest BCUT2D eigenvalue weighted by atomic mass is 10.1. The van der Waals surface area contributed by atoms with E-state index in [0.717, 1.165) is 28.4 Å². The fraction of sp³-hybridized carbons (Fsp3) is 0.0385. The van der Waals surface area contributed by atoms with Crippen LogP contribution in [-0.2, 0) is 6.42 Å². The summed E-state index contributed by atoms with van der Waals surface area (Å²) in [5.74, 6) is -0.454. The zero-order valence-electron chi connectivity index (χ0n) is 17.9. The molecule has 3 heterocycles. The second-order valence-corrected chi connectivity index (χ2v) is 7.97. The van der Waals surface area contributed by atoms with Gasteiger partial charge < -0.3 is 10.3 Å². The second-order valence-electron chi connectivity index (χ2n) is 7.97. The number of fused-ring (bicyclic) bond motifs is 3. The zero-order valence-corrected chi connectivity index (χ0v) is 17.9. The number of anilines is 2. The van der Waals surface area contributed by atoms with E-state index >= 15 is 0 Å². The number of imidazole rings is 1. The second kappa shape index (κ2) is 7.93. The predicted molar refractivity (Wildman–Crippen MR) is 132 cm³/mol. The third kappa shape index (κ3) is 3.57. The van der Waals surface area contributed by atoms with E-state index in [1.165, 1.54) is 0 Å². The van der Waals surface area contributed by atoms with Crippen LogP contribution in [0.25, 0.3) is 21.8 Å². The fourth-order valence-corrected chi connectivity index (χ4v) is 4.03. The van der Waals surface area contributed by atoms with Gasteiger partial charge in [-0.05, 0) is 41.3 Å². The normalized spacial score (nSPS) is 12.1. The standard InChI is InChI=1S/C26H18N6O2/c33-24(29-18-9-8-15-10-11-27-21(15)13-18)19-6-3-7-20-23(19)31-26(30-20)32-25(34)22-12-16-4-1-2-5-17(16)14-28-22/h1-9,11-14H,10H2,(H,29,33)(H2,30,31,32,34). The Labute approximate surface area is 193 Å². The Bertz CT molecular complexity index is 1640. The van der Waals surface area contributed by atoms with Gasteiger partial charge in [0.25, 0.3) is 11.8 Å². The number of aromatic amines is 1. The number of H-pyrrole nitrogens is 1. The zero-order chi connectivity index (χ0) is 23.1. The van der Waals surface area contributed by atoms with Crippen LogP contribution in [0.5, 0.6) is 0 Å². The number of pyridine rings is 1. The van der Waals surface area contributed by atoms with Gasteiger partial charge in [0.2, 0.25) is 5.95 Å². The Balaban J connectivity index is 1.25. The summed E-state index contributed by atoms with van der Waals surface area (Å²) in [5, 5.41) is 7.52. The molecule has 1 aliphatic rings. The first kappa shape index (κ1) is 19.8. The lowest BCUT2D eigenvalue weighted by Crippen LogP contribution is -2.14. The van der Waals surface area contributed by atoms with Gasteiger partial charge in [0.05, 0.1) is 16.8 Å². The Morgan fingerprint density at radius 1 is 0.882 bits per heavy atom. The summed E-state index contributed by atoms with van der Waals surface area (Å²) in [6.07, 6.45) is 4.32. The fourth-order valence-electron chi connectivity index (χ4n) is 4.03. The van der Waals surface area contributed by atoms with Crippen molar-refractivity contribution in [2.45, 2.75) is 6.42 Å². The molecule has 3 N–H and O–H groups in total. The molecule has 0 unspecified atom stereocenters. The molecule has 2 aromatic heterocycles. The molecule has 0 spiro atoms. The van der Waals surface area contributed by atoms with Crippen LogP contribution in [0, 0.1) is 0 Å². The Kier molecular flexibility index (Phi) is 4.62. The summed E-state index contributed by atoms with van der Waals surface area (Å²) in [6, 6.07) is 20.3. The quantitative estimate of drug-likeness (QED) is 0.365. The number of nitrogens with zero attached hydrogens (tertiary/aromatic N) is 3. The van der Waals surface area contributed by atoms with Gasteiger partial charge in [0.1, 0.15) is 11.2 Å². The van der Waals surface area contributed by atoms with E-state index in [2.05, 4.69) is 30.6 Å². The highest BCUT2D eigenvalue weighted by Gasteiger charge is 2.17. The van der Waals surface area contributed by atoms with Gasteiger partial charge in [0, 0.05) is 29.9 Å². The monoisotopic (exact) mass is 446 g/mol. The molecule has 0 atom stereocenters. The average Bonchev–Trinajstić information content (AvgIpc) is 3.49. The first-order chi connectivity index (χ1) is 16.6. The van der Waals surface area contributed by atoms with E-state index in [4.69, 9.17) is 0 Å². The van der Waals surface area contributed by atoms with E-state index < -0.39 is 5.91 Å². The molecule has 8 nitrogen and oxygen atoms in total. The van der Waals surface area contributed by atoms with Crippen molar-refractivity contribution < 1.29 is 9.59 Å². The van der Waals surface area contributed by atoms with Crippen LogP contribution >= 0.6 is 0 Å². The summed E-state index contributed by atoms with van der Waals surface area (Å²) < 4.78 is 0. The molecular weight excluding hydrogens is 428 g/mol. The molecule has 0 radical (unpaired) electrons. The summed E-state index contributed by atoms with van der Waals surface area (Å²) >= 11 is 0. The van der Waals surface area contributed by atoms with Crippen molar-refractivity contribution in [3.8, 4) is 0 Å². The molecule has 5 aromatic rings. The van der Waals surface area contributed by atoms with Crippen LogP contribution in [-0.4, -0.2) is 33.0 Å². The number of carbonyl (C=O) groups excluding carboxylic acids is 2. The molecule has 2 amide bonds. The van der Waals surface area contributed by atoms with Gasteiger partial charge >= 0.3 is 0 Å². The smallest absolute Gasteiger partial charge is 0.276 e. The van der Waals surface area contributed by atoms with Gasteiger partial charge in [-0.2, -0.15) is 0 Å². The number of aliphatic imine (C=N–C) groups is 1. The van der Waals surface area contributed by atoms with E-state index in [9.17, 15) is 9.59 Å². The van der Waals surface area contributed by atoms with E-state index in [1.807, 2.05) is 48.7 Å². The highest BCUT2D eigenvalue weighted by atomic mass is 16.2. The molecule has 164 valence electrons. The number of nitrogens with one attached hydrogen (secondary N) is 3. The van der Waals surface area contributed by atoms with Gasteiger partial charge in [-0.3, -0.25) is 24.9 Å². The summed E-state index contributed by atoms with van der Waals surface area (Å²) in [6.45, 7) is 0. The van der Waals surface area contributed by atoms with Crippen LogP contribution < -0.4 is 10.6 Å². The van der Waals surface area contributed by atoms with Crippen molar-refractivity contribution in [2.75, 3.05) is 10.6 Å². The summed E-state index contributed by atoms with van der Waals surface area (Å²) in [5.41, 5.74) is 4.41. The number of carbonyl (C=O) groups is 2. The Morgan fingerprint density at radius 2 is 1.76 bits per heavy atom. The average molecular weight is 446 g/mol. The van der Waals surface area contributed by atoms with Gasteiger partial charge in [-0.25, -0.2) is 4.98 Å². The molecule has 0 bridgehead atoms. The van der Waals surface area contributed by atoms with Gasteiger partial charge in [-0.15, -0.1) is 0 Å². The minimum Gasteiger partial charge on any atom is -0.324 e. The molecule has 6 rings (SSSR count). The molecule has 1 aliphatic heterocycles. The molecular formula is C26H18N6O2. The van der Waals surface area contributed by atoms with Crippen LogP contribution in [0.3, 0.4) is 0 Å². The van der Waals surface area contributed by atoms with E-state index in [1.54, 1.807) is 30.5 Å². The SMILES string of the molecule is O=C(Nc1nc2c(C(=O)Nc3ccc4c(c3)N=CC4)cccc2[nH]1)c1cc2ccccc2cn1. The maximum Gasteiger partial charge on any atom is 0.276 e. The third-order valence-electron chi connectivity index (χ3n) is 5.74. The maximum absolute atomic E-state index is 13.0. The highest BCUT2D eigenvalue weighted by Crippen LogP contribution is 2.28. The molecule has 0 saturated carbocycles. The van der Waals surface area contributed by atoms with Crippen LogP contribution in [0.4, 0.5) is 17.3 Å². The minimum absolute atomic E-state index is 0.238. The third-order valence-corrected chi connectivity index (χ3v) is 5.74. The number of aromatic nitrogens is 3. The highest BCUT2D eigenvalue weighted by molar-refractivity contribution is 6.12. The van der Waals surface area contributed by atoms with Crippen molar-refractivity contribution in [3.63, 3.8) is 0 Å². The van der Waals surface area contributed by atoms with Gasteiger partial charge in [-0.1, -0.05) is 36.4 Å². The molecule has 3 aromatic carbocycles. The molecule has 34 heavy (non-hydrogen) atoms. The van der Waals surface area contributed by atoms with Crippen molar-refractivity contribution in [1.82, 2.24) is 15.0 Å². The molecule has 0 fully saturated rings. The maximum atomic E-state index is 13.0. The number of amides is 2. The Hall–Kier alpha value is -4.85. The van der Waals surface area contributed by atoms with Crippen molar-refractivity contribution in [2.24, 2.45) is 4.99 Å². The van der Waals surface area contributed by atoms with E-state index in [-0.39, 0.29) is 17.5 Å². The number of para-hydroxylation sites is 1. The topological polar surface area (TPSA) is 112 Å². The van der Waals surface area contributed by atoms with Crippen molar-refractivity contribution in [1.29, 1.82) is 0 Å². The first-order valence-corrected chi connectivity index (χ1v) is 10.8. The van der Waals surface area contributed by atoms with E-state index in [0.29, 0.717) is 22.3 Å². The minimum atomic E-state index is -0.394. The molecule has 0 saturated heterocycles. The van der Waals surface area contributed by atoms with Crippen molar-refractivity contribution >= 4 is 57.2 Å². The van der Waals surface area contributed by atoms with Crippen LogP contribution in [0.1, 0.15) is 26.4 Å². The number of rotatable bonds is 4. The predicted octanol–water partition coefficient (Wildman–Crippen LogP) is 4.87. The first-order valence-electron chi connectivity index (χ1n) is 10.8. The number of hydrogen-bond donors (Lipinski definition) is 3. The lowest BCUT2D eigenvalue weighted by molar-refractivity contribution is 0.101. The number of benzene rings is 3. The van der Waals surface area contributed by atoms with Crippen molar-refractivity contribution in [3.05, 3.63) is 89.7 Å². The summed E-state index contributed by atoms with van der Waals surface area (Å²) in [4.78, 5) is 41.9. The molecule has 8 heteroatoms. The Morgan fingerprint density at radius 3 is 2.68 bits per heavy atom. The largest absolute Gasteiger partial charge is 0.324 e. The number of hydrogen-bond acceptors (Lipinski definition) is 5. The van der Waals surface area contributed by atoms with Crippen LogP contribution in [0.15, 0.2) is 77.9 Å². The van der Waals surface area contributed by atoms with Gasteiger partial charge in [0.15, 0.2) is 0 Å². The lowest BCUT2D eigenvalue weighted by Gasteiger charge is -2.07. The molecule has 0 aliphatic carbocycles. The van der Waals surface area contributed by atoms with Crippen LogP contribution in [0.2, 0.25) is 0 Å².